The summed E-state index contributed by atoms with van der Waals surface area (Å²) >= 11 is 0. The number of likely N-dealkylation sites (N-methyl/N-ethyl adjacent to an activating group) is 2. The number of nitrogens with zero attached hydrogens (tertiary/aromatic N) is 1. The number of hydrogen-bond acceptors (Lipinski definition) is 3. The van der Waals surface area contributed by atoms with E-state index in [2.05, 4.69) is 10.6 Å². The summed E-state index contributed by atoms with van der Waals surface area (Å²) in [5, 5.41) is 5.79. The van der Waals surface area contributed by atoms with Gasteiger partial charge in [0.15, 0.2) is 0 Å². The Morgan fingerprint density at radius 3 is 2.45 bits per heavy atom. The van der Waals surface area contributed by atoms with Crippen molar-refractivity contribution in [1.29, 1.82) is 0 Å². The Hall–Kier alpha value is -1.88. The second-order valence-electron chi connectivity index (χ2n) is 4.63. The van der Waals surface area contributed by atoms with Gasteiger partial charge >= 0.3 is 0 Å². The van der Waals surface area contributed by atoms with Crippen molar-refractivity contribution in [1.82, 2.24) is 15.5 Å². The van der Waals surface area contributed by atoms with Crippen LogP contribution in [0.3, 0.4) is 0 Å². The largest absolute Gasteiger partial charge is 0.342 e. The van der Waals surface area contributed by atoms with Gasteiger partial charge in [-0.1, -0.05) is 37.3 Å². The van der Waals surface area contributed by atoms with Crippen LogP contribution in [0, 0.1) is 0 Å². The molecule has 0 fully saturated rings. The van der Waals surface area contributed by atoms with Gasteiger partial charge in [-0.05, 0) is 12.6 Å². The van der Waals surface area contributed by atoms with Gasteiger partial charge in [-0.25, -0.2) is 0 Å². The fourth-order valence-electron chi connectivity index (χ4n) is 1.81. The third-order valence-corrected chi connectivity index (χ3v) is 3.08. The van der Waals surface area contributed by atoms with E-state index in [0.717, 1.165) is 5.56 Å². The van der Waals surface area contributed by atoms with Crippen LogP contribution in [-0.2, 0) is 9.59 Å². The van der Waals surface area contributed by atoms with E-state index in [-0.39, 0.29) is 11.8 Å². The van der Waals surface area contributed by atoms with E-state index >= 15 is 0 Å². The van der Waals surface area contributed by atoms with E-state index < -0.39 is 6.04 Å². The molecule has 0 spiro atoms. The lowest BCUT2D eigenvalue weighted by Gasteiger charge is -2.24. The molecule has 0 saturated carbocycles. The van der Waals surface area contributed by atoms with Gasteiger partial charge in [0.2, 0.25) is 11.8 Å². The smallest absolute Gasteiger partial charge is 0.249 e. The quantitative estimate of drug-likeness (QED) is 0.779. The lowest BCUT2D eigenvalue weighted by Crippen LogP contribution is -2.43. The van der Waals surface area contributed by atoms with Crippen LogP contribution in [0.5, 0.6) is 0 Å². The standard InChI is InChI=1S/C15H23N3O2/c1-4-13(19)17-14(12-8-6-5-7-9-12)15(20)18(3)11-10-16-2/h5-9,14,16H,4,10-11H2,1-3H3,(H,17,19). The Bertz CT molecular complexity index is 434. The van der Waals surface area contributed by atoms with Gasteiger partial charge in [0.05, 0.1) is 0 Å². The van der Waals surface area contributed by atoms with Crippen LogP contribution in [0.2, 0.25) is 0 Å². The predicted molar refractivity (Wildman–Crippen MR) is 79.2 cm³/mol. The molecule has 1 rings (SSSR count). The highest BCUT2D eigenvalue weighted by Crippen LogP contribution is 2.15. The Labute approximate surface area is 120 Å². The van der Waals surface area contributed by atoms with Gasteiger partial charge in [0.25, 0.3) is 0 Å². The average Bonchev–Trinajstić information content (AvgIpc) is 2.50. The zero-order chi connectivity index (χ0) is 15.0. The molecular weight excluding hydrogens is 254 g/mol. The molecule has 0 radical (unpaired) electrons. The average molecular weight is 277 g/mol. The zero-order valence-electron chi connectivity index (χ0n) is 12.3. The third kappa shape index (κ3) is 4.66. The van der Waals surface area contributed by atoms with Crippen LogP contribution in [0.1, 0.15) is 24.9 Å². The second-order valence-corrected chi connectivity index (χ2v) is 4.63. The number of benzene rings is 1. The first-order chi connectivity index (χ1) is 9.60. The van der Waals surface area contributed by atoms with E-state index in [4.69, 9.17) is 0 Å². The molecule has 2 N–H and O–H groups in total. The van der Waals surface area contributed by atoms with Crippen molar-refractivity contribution in [2.75, 3.05) is 27.2 Å². The minimum Gasteiger partial charge on any atom is -0.342 e. The summed E-state index contributed by atoms with van der Waals surface area (Å²) in [5.41, 5.74) is 0.801. The first-order valence-corrected chi connectivity index (χ1v) is 6.84. The van der Waals surface area contributed by atoms with Crippen molar-refractivity contribution >= 4 is 11.8 Å². The van der Waals surface area contributed by atoms with Gasteiger partial charge in [-0.15, -0.1) is 0 Å². The first kappa shape index (κ1) is 16.2. The van der Waals surface area contributed by atoms with Gasteiger partial charge in [0, 0.05) is 26.6 Å². The van der Waals surface area contributed by atoms with E-state index in [0.29, 0.717) is 19.5 Å². The first-order valence-electron chi connectivity index (χ1n) is 6.84. The third-order valence-electron chi connectivity index (χ3n) is 3.08. The second kappa shape index (κ2) is 8.32. The molecular formula is C15H23N3O2. The Balaban J connectivity index is 2.87. The number of carbonyl (C=O) groups is 2. The molecule has 1 atom stereocenters. The monoisotopic (exact) mass is 277 g/mol. The summed E-state index contributed by atoms with van der Waals surface area (Å²) in [7, 11) is 3.58. The van der Waals surface area contributed by atoms with Gasteiger partial charge in [-0.3, -0.25) is 9.59 Å². The fourth-order valence-corrected chi connectivity index (χ4v) is 1.81. The molecule has 110 valence electrons. The van der Waals surface area contributed by atoms with Crippen LogP contribution < -0.4 is 10.6 Å². The molecule has 0 aromatic heterocycles. The highest BCUT2D eigenvalue weighted by molar-refractivity contribution is 5.88. The number of nitrogens with one attached hydrogen (secondary N) is 2. The summed E-state index contributed by atoms with van der Waals surface area (Å²) in [6, 6.07) is 8.69. The minimum atomic E-state index is -0.620. The van der Waals surface area contributed by atoms with Crippen LogP contribution in [-0.4, -0.2) is 43.9 Å². The zero-order valence-corrected chi connectivity index (χ0v) is 12.3. The maximum absolute atomic E-state index is 12.5. The van der Waals surface area contributed by atoms with Crippen molar-refractivity contribution in [2.45, 2.75) is 19.4 Å². The summed E-state index contributed by atoms with van der Waals surface area (Å²) in [4.78, 5) is 25.8. The molecule has 20 heavy (non-hydrogen) atoms. The maximum Gasteiger partial charge on any atom is 0.249 e. The molecule has 1 aromatic carbocycles. The molecule has 0 aliphatic carbocycles. The molecule has 1 aromatic rings. The number of hydrogen-bond donors (Lipinski definition) is 2. The number of carbonyl (C=O) groups excluding carboxylic acids is 2. The van der Waals surface area contributed by atoms with Crippen LogP contribution >= 0.6 is 0 Å². The maximum atomic E-state index is 12.5. The van der Waals surface area contributed by atoms with Crippen molar-refractivity contribution in [2.24, 2.45) is 0 Å². The summed E-state index contributed by atoms with van der Waals surface area (Å²) in [5.74, 6) is -0.234. The minimum absolute atomic E-state index is 0.103. The van der Waals surface area contributed by atoms with Gasteiger partial charge < -0.3 is 15.5 Å². The summed E-state index contributed by atoms with van der Waals surface area (Å²) < 4.78 is 0. The molecule has 0 bridgehead atoms. The van der Waals surface area contributed by atoms with Gasteiger partial charge in [-0.2, -0.15) is 0 Å². The van der Waals surface area contributed by atoms with Gasteiger partial charge in [0.1, 0.15) is 6.04 Å². The van der Waals surface area contributed by atoms with E-state index in [1.54, 1.807) is 18.9 Å². The van der Waals surface area contributed by atoms with Crippen LogP contribution in [0.4, 0.5) is 0 Å². The highest BCUT2D eigenvalue weighted by atomic mass is 16.2. The van der Waals surface area contributed by atoms with E-state index in [9.17, 15) is 9.59 Å². The van der Waals surface area contributed by atoms with Crippen LogP contribution in [0.15, 0.2) is 30.3 Å². The molecule has 0 heterocycles. The van der Waals surface area contributed by atoms with Crippen molar-refractivity contribution in [3.05, 3.63) is 35.9 Å². The van der Waals surface area contributed by atoms with Crippen molar-refractivity contribution in [3.63, 3.8) is 0 Å². The molecule has 0 aliphatic heterocycles. The molecule has 1 unspecified atom stereocenters. The molecule has 0 aliphatic rings. The highest BCUT2D eigenvalue weighted by Gasteiger charge is 2.24. The predicted octanol–water partition coefficient (Wildman–Crippen LogP) is 0.932. The fraction of sp³-hybridized carbons (Fsp3) is 0.467. The Morgan fingerprint density at radius 1 is 1.25 bits per heavy atom. The number of rotatable bonds is 7. The molecule has 0 saturated heterocycles. The lowest BCUT2D eigenvalue weighted by molar-refractivity contribution is -0.135. The Kier molecular flexibility index (Phi) is 6.73. The van der Waals surface area contributed by atoms with E-state index in [1.165, 1.54) is 0 Å². The molecule has 5 heteroatoms. The number of amides is 2. The van der Waals surface area contributed by atoms with Crippen molar-refractivity contribution in [3.8, 4) is 0 Å². The Morgan fingerprint density at radius 2 is 1.90 bits per heavy atom. The van der Waals surface area contributed by atoms with Crippen molar-refractivity contribution < 1.29 is 9.59 Å². The summed E-state index contributed by atoms with van der Waals surface area (Å²) in [6.07, 6.45) is 0.358. The molecule has 5 nitrogen and oxygen atoms in total. The SMILES string of the molecule is CCC(=O)NC(C(=O)N(C)CCNC)c1ccccc1. The van der Waals surface area contributed by atoms with Crippen LogP contribution in [0.25, 0.3) is 0 Å². The van der Waals surface area contributed by atoms with E-state index in [1.807, 2.05) is 37.4 Å². The summed E-state index contributed by atoms with van der Waals surface area (Å²) in [6.45, 7) is 3.08. The molecule has 2 amide bonds. The topological polar surface area (TPSA) is 61.4 Å². The normalized spacial score (nSPS) is 11.8. The lowest BCUT2D eigenvalue weighted by atomic mass is 10.1.